The molecule has 0 saturated carbocycles. The number of rotatable bonds is 52. The zero-order valence-electron chi connectivity index (χ0n) is 56.6. The predicted octanol–water partition coefficient (Wildman–Crippen LogP) is 9.77. The van der Waals surface area contributed by atoms with Crippen molar-refractivity contribution >= 4 is 5.91 Å². The van der Waals surface area contributed by atoms with Crippen molar-refractivity contribution in [3.05, 3.63) is 134 Å². The van der Waals surface area contributed by atoms with Gasteiger partial charge in [-0.2, -0.15) is 0 Å². The van der Waals surface area contributed by atoms with Crippen LogP contribution in [0.5, 0.6) is 0 Å². The molecule has 3 saturated heterocycles. The van der Waals surface area contributed by atoms with Crippen LogP contribution in [0.25, 0.3) is 0 Å². The summed E-state index contributed by atoms with van der Waals surface area (Å²) in [4.78, 5) is 13.4. The molecular formula is C75H123NO18. The Hall–Kier alpha value is -4.07. The van der Waals surface area contributed by atoms with E-state index in [2.05, 4.69) is 141 Å². The minimum atomic E-state index is -1.99. The number of allylic oxidation sites excluding steroid dienone is 21. The highest BCUT2D eigenvalue weighted by atomic mass is 16.8. The molecule has 1 amide bonds. The van der Waals surface area contributed by atoms with Crippen molar-refractivity contribution < 1.29 is 89.4 Å². The first-order valence-electron chi connectivity index (χ1n) is 35.4. The van der Waals surface area contributed by atoms with Gasteiger partial charge in [-0.05, 0) is 109 Å². The summed E-state index contributed by atoms with van der Waals surface area (Å²) in [6, 6.07) is -1.02. The third kappa shape index (κ3) is 36.0. The van der Waals surface area contributed by atoms with Crippen LogP contribution < -0.4 is 5.32 Å². The molecule has 0 aliphatic carbocycles. The first kappa shape index (κ1) is 84.2. The van der Waals surface area contributed by atoms with Gasteiger partial charge in [0, 0.05) is 6.42 Å². The van der Waals surface area contributed by atoms with Gasteiger partial charge in [-0.15, -0.1) is 0 Å². The normalized spacial score (nSPS) is 28.2. The maximum atomic E-state index is 13.4. The molecule has 3 aliphatic heterocycles. The third-order valence-electron chi connectivity index (χ3n) is 16.7. The van der Waals surface area contributed by atoms with E-state index >= 15 is 0 Å². The van der Waals surface area contributed by atoms with Crippen molar-refractivity contribution in [3.8, 4) is 0 Å². The van der Waals surface area contributed by atoms with E-state index in [4.69, 9.17) is 28.4 Å². The van der Waals surface area contributed by atoms with Gasteiger partial charge in [0.25, 0.3) is 0 Å². The monoisotopic (exact) mass is 1330 g/mol. The number of unbranched alkanes of at least 4 members (excludes halogenated alkanes) is 16. The maximum absolute atomic E-state index is 13.4. The minimum Gasteiger partial charge on any atom is -0.394 e. The van der Waals surface area contributed by atoms with Crippen LogP contribution in [0.3, 0.4) is 0 Å². The predicted molar refractivity (Wildman–Crippen MR) is 369 cm³/mol. The van der Waals surface area contributed by atoms with Gasteiger partial charge in [-0.3, -0.25) is 4.79 Å². The van der Waals surface area contributed by atoms with Crippen LogP contribution in [0, 0.1) is 0 Å². The second kappa shape index (κ2) is 54.9. The molecule has 0 bridgehead atoms. The van der Waals surface area contributed by atoms with Gasteiger partial charge in [0.15, 0.2) is 18.9 Å². The third-order valence-corrected chi connectivity index (χ3v) is 16.7. The molecule has 0 aromatic heterocycles. The SMILES string of the molecule is CC/C=C\C/C=C\C/C=C\C/C=C\C/C=C\C/C=C\C/C=C\C/C=C\CCCCCCC(=O)NC(COC1OC(CO)C(OC2OC(CO)C(OC3OC(CO)C(O)C(O)C3O)C(O)C2O)C(O)C1O)C(O)/C=C/CC/C=C/CC/C=C/CCCCCCCCCCCC. The average molecular weight is 1330 g/mol. The van der Waals surface area contributed by atoms with E-state index in [9.17, 15) is 61.0 Å². The second-order valence-electron chi connectivity index (χ2n) is 24.6. The highest BCUT2D eigenvalue weighted by Crippen LogP contribution is 2.33. The zero-order chi connectivity index (χ0) is 68.2. The van der Waals surface area contributed by atoms with Crippen LogP contribution in [0.2, 0.25) is 0 Å². The molecule has 3 rings (SSSR count). The van der Waals surface area contributed by atoms with Crippen molar-refractivity contribution in [1.29, 1.82) is 0 Å². The van der Waals surface area contributed by atoms with Crippen molar-refractivity contribution in [1.82, 2.24) is 5.32 Å². The molecule has 12 N–H and O–H groups in total. The van der Waals surface area contributed by atoms with Crippen LogP contribution in [0.4, 0.5) is 0 Å². The van der Waals surface area contributed by atoms with Gasteiger partial charge < -0.3 is 89.9 Å². The fourth-order valence-corrected chi connectivity index (χ4v) is 10.9. The molecule has 19 nitrogen and oxygen atoms in total. The minimum absolute atomic E-state index is 0.193. The molecule has 17 atom stereocenters. The molecular weight excluding hydrogens is 1200 g/mol. The number of amides is 1. The molecule has 0 aromatic carbocycles. The van der Waals surface area contributed by atoms with Crippen LogP contribution in [-0.2, 0) is 33.2 Å². The van der Waals surface area contributed by atoms with Gasteiger partial charge in [0.05, 0.1) is 38.6 Å². The van der Waals surface area contributed by atoms with Crippen molar-refractivity contribution in [2.75, 3.05) is 26.4 Å². The summed E-state index contributed by atoms with van der Waals surface area (Å²) < 4.78 is 34.3. The number of carbonyl (C=O) groups is 1. The van der Waals surface area contributed by atoms with Gasteiger partial charge in [-0.1, -0.05) is 218 Å². The number of aliphatic hydroxyl groups is 11. The lowest BCUT2D eigenvalue weighted by Crippen LogP contribution is -2.66. The molecule has 17 unspecified atom stereocenters. The summed E-state index contributed by atoms with van der Waals surface area (Å²) in [5.74, 6) is -0.320. The topological polar surface area (TPSA) is 307 Å². The van der Waals surface area contributed by atoms with E-state index in [0.717, 1.165) is 103 Å². The van der Waals surface area contributed by atoms with Crippen molar-refractivity contribution in [2.45, 2.75) is 304 Å². The van der Waals surface area contributed by atoms with E-state index in [-0.39, 0.29) is 12.3 Å². The fourth-order valence-electron chi connectivity index (χ4n) is 10.9. The summed E-state index contributed by atoms with van der Waals surface area (Å²) >= 11 is 0. The van der Waals surface area contributed by atoms with E-state index in [1.807, 2.05) is 6.08 Å². The molecule has 94 heavy (non-hydrogen) atoms. The first-order chi connectivity index (χ1) is 45.8. The number of hydrogen-bond acceptors (Lipinski definition) is 18. The van der Waals surface area contributed by atoms with Gasteiger partial charge in [-0.25, -0.2) is 0 Å². The van der Waals surface area contributed by atoms with Gasteiger partial charge in [0.1, 0.15) is 73.2 Å². The number of aliphatic hydroxyl groups excluding tert-OH is 11. The quantitative estimate of drug-likeness (QED) is 0.0199. The number of carbonyl (C=O) groups excluding carboxylic acids is 1. The lowest BCUT2D eigenvalue weighted by atomic mass is 9.96. The van der Waals surface area contributed by atoms with Gasteiger partial charge >= 0.3 is 0 Å². The fraction of sp³-hybridized carbons (Fsp3) is 0.693. The molecule has 3 aliphatic rings. The van der Waals surface area contributed by atoms with Crippen LogP contribution in [0.15, 0.2) is 134 Å². The molecule has 0 spiro atoms. The Kier molecular flexibility index (Phi) is 49.1. The lowest BCUT2D eigenvalue weighted by Gasteiger charge is -2.48. The summed E-state index contributed by atoms with van der Waals surface area (Å²) in [7, 11) is 0. The molecule has 3 heterocycles. The maximum Gasteiger partial charge on any atom is 0.220 e. The standard InChI is InChI=1S/C75H123NO18/c1-3-5-7-9-11-13-15-17-19-21-23-25-26-27-28-29-30-31-32-33-35-37-39-41-43-45-47-49-51-53-63(81)76-58(59(80)52-50-48-46-44-42-40-38-36-34-24-22-20-18-16-14-12-10-8-6-4-2)57-89-73-69(87)66(84)71(61(55-78)91-73)94-75-70(88)67(85)72(62(56-79)92-75)93-74-68(86)65(83)64(82)60(54-77)90-74/h5,7,11,13,17,19,23,25,27-28,30-31,33-36,39,41-42,44,50,52,58-62,64-75,77-80,82-88H,3-4,6,8-10,12,14-16,18,20-22,24,26,29,32,37-38,40,43,45-49,51,53-57H2,1-2H3,(H,76,81)/b7-5-,13-11-,19-17-,25-23-,28-27-,31-30-,35-33-,36-34+,41-39-,44-42+,52-50+. The lowest BCUT2D eigenvalue weighted by molar-refractivity contribution is -0.379. The number of hydrogen-bond donors (Lipinski definition) is 12. The average Bonchev–Trinajstić information content (AvgIpc) is 0.787. The van der Waals surface area contributed by atoms with Gasteiger partial charge in [0.2, 0.25) is 5.91 Å². The Labute approximate surface area is 562 Å². The first-order valence-corrected chi connectivity index (χ1v) is 35.4. The van der Waals surface area contributed by atoms with E-state index in [1.54, 1.807) is 6.08 Å². The smallest absolute Gasteiger partial charge is 0.220 e. The van der Waals surface area contributed by atoms with Crippen molar-refractivity contribution in [2.24, 2.45) is 0 Å². The molecule has 536 valence electrons. The highest BCUT2D eigenvalue weighted by Gasteiger charge is 2.53. The Morgan fingerprint density at radius 3 is 1.19 bits per heavy atom. The van der Waals surface area contributed by atoms with Crippen LogP contribution in [-0.4, -0.2) is 193 Å². The van der Waals surface area contributed by atoms with E-state index in [1.165, 1.54) is 64.2 Å². The highest BCUT2D eigenvalue weighted by molar-refractivity contribution is 5.76. The Morgan fingerprint density at radius 2 is 0.745 bits per heavy atom. The Morgan fingerprint density at radius 1 is 0.394 bits per heavy atom. The van der Waals surface area contributed by atoms with Crippen molar-refractivity contribution in [3.63, 3.8) is 0 Å². The summed E-state index contributed by atoms with van der Waals surface area (Å²) in [6.07, 6.45) is 49.9. The second-order valence-corrected chi connectivity index (χ2v) is 24.6. The van der Waals surface area contributed by atoms with Crippen LogP contribution in [0.1, 0.15) is 200 Å². The molecule has 19 heteroatoms. The molecule has 0 aromatic rings. The Balaban J connectivity index is 1.46. The van der Waals surface area contributed by atoms with E-state index in [0.29, 0.717) is 12.8 Å². The summed E-state index contributed by atoms with van der Waals surface area (Å²) in [6.45, 7) is 1.55. The molecule has 3 fully saturated rings. The summed E-state index contributed by atoms with van der Waals surface area (Å²) in [5, 5.41) is 121. The largest absolute Gasteiger partial charge is 0.394 e. The zero-order valence-corrected chi connectivity index (χ0v) is 56.6. The number of ether oxygens (including phenoxy) is 6. The number of nitrogens with one attached hydrogen (secondary N) is 1. The molecule has 0 radical (unpaired) electrons. The Bertz CT molecular complexity index is 2220. The van der Waals surface area contributed by atoms with E-state index < -0.39 is 131 Å². The van der Waals surface area contributed by atoms with Crippen LogP contribution >= 0.6 is 0 Å². The summed E-state index contributed by atoms with van der Waals surface area (Å²) in [5.41, 5.74) is 0.